The van der Waals surface area contributed by atoms with E-state index in [1.165, 1.54) is 24.0 Å². The Hall–Kier alpha value is -1.50. The van der Waals surface area contributed by atoms with Crippen LogP contribution in [0.5, 0.6) is 5.75 Å². The molecule has 1 heteroatoms. The maximum absolute atomic E-state index is 10.2. The first kappa shape index (κ1) is 8.78. The summed E-state index contributed by atoms with van der Waals surface area (Å²) in [5, 5.41) is 12.4. The van der Waals surface area contributed by atoms with Gasteiger partial charge in [0, 0.05) is 5.39 Å². The van der Waals surface area contributed by atoms with Gasteiger partial charge in [-0.1, -0.05) is 30.3 Å². The van der Waals surface area contributed by atoms with Crippen molar-refractivity contribution in [3.05, 3.63) is 41.5 Å². The van der Waals surface area contributed by atoms with Crippen LogP contribution in [0.4, 0.5) is 0 Å². The molecule has 0 heterocycles. The Morgan fingerprint density at radius 1 is 1.00 bits per heavy atom. The summed E-state index contributed by atoms with van der Waals surface area (Å²) in [6, 6.07) is 10.3. The lowest BCUT2D eigenvalue weighted by Gasteiger charge is -2.18. The molecule has 0 fully saturated rings. The van der Waals surface area contributed by atoms with Gasteiger partial charge in [0.25, 0.3) is 0 Å². The van der Waals surface area contributed by atoms with Crippen LogP contribution in [0, 0.1) is 0 Å². The lowest BCUT2D eigenvalue weighted by atomic mass is 9.88. The van der Waals surface area contributed by atoms with Crippen LogP contribution in [0.2, 0.25) is 0 Å². The molecule has 0 radical (unpaired) electrons. The van der Waals surface area contributed by atoms with Crippen LogP contribution in [0.3, 0.4) is 0 Å². The maximum Gasteiger partial charge on any atom is 0.126 e. The van der Waals surface area contributed by atoms with E-state index in [0.29, 0.717) is 5.75 Å². The molecule has 2 aromatic rings. The number of benzene rings is 2. The van der Waals surface area contributed by atoms with Crippen LogP contribution < -0.4 is 0 Å². The first-order chi connectivity index (χ1) is 7.36. The van der Waals surface area contributed by atoms with Crippen molar-refractivity contribution >= 4 is 10.8 Å². The largest absolute Gasteiger partial charge is 0.507 e. The van der Waals surface area contributed by atoms with E-state index < -0.39 is 0 Å². The molecule has 0 unspecified atom stereocenters. The van der Waals surface area contributed by atoms with E-state index in [1.54, 1.807) is 0 Å². The summed E-state index contributed by atoms with van der Waals surface area (Å²) in [6.45, 7) is 0. The van der Waals surface area contributed by atoms with Crippen molar-refractivity contribution in [3.63, 3.8) is 0 Å². The van der Waals surface area contributed by atoms with Crippen molar-refractivity contribution in [2.45, 2.75) is 25.7 Å². The highest BCUT2D eigenvalue weighted by atomic mass is 16.3. The summed E-state index contributed by atoms with van der Waals surface area (Å²) in [7, 11) is 0. The Bertz CT molecular complexity index is 514. The van der Waals surface area contributed by atoms with Crippen molar-refractivity contribution < 1.29 is 5.11 Å². The second-order valence-electron chi connectivity index (χ2n) is 4.29. The Morgan fingerprint density at radius 2 is 1.80 bits per heavy atom. The Labute approximate surface area is 89.4 Å². The van der Waals surface area contributed by atoms with Gasteiger partial charge in [-0.15, -0.1) is 0 Å². The Morgan fingerprint density at radius 3 is 2.73 bits per heavy atom. The highest BCUT2D eigenvalue weighted by molar-refractivity contribution is 5.90. The minimum absolute atomic E-state index is 0.516. The van der Waals surface area contributed by atoms with Gasteiger partial charge in [-0.3, -0.25) is 0 Å². The number of aromatic hydroxyl groups is 1. The van der Waals surface area contributed by atoms with Gasteiger partial charge in [-0.25, -0.2) is 0 Å². The smallest absolute Gasteiger partial charge is 0.126 e. The summed E-state index contributed by atoms with van der Waals surface area (Å²) in [5.41, 5.74) is 2.53. The van der Waals surface area contributed by atoms with Gasteiger partial charge in [0.15, 0.2) is 0 Å². The van der Waals surface area contributed by atoms with Crippen molar-refractivity contribution in [2.75, 3.05) is 0 Å². The highest BCUT2D eigenvalue weighted by Gasteiger charge is 2.15. The minimum atomic E-state index is 0.516. The normalized spacial score (nSPS) is 15.2. The van der Waals surface area contributed by atoms with E-state index in [1.807, 2.05) is 18.2 Å². The standard InChI is InChI=1S/C14H14O/c15-14-12-7-3-1-5-10(12)9-11-6-2-4-8-13(11)14/h1,3,5,7,9,15H,2,4,6,8H2. The topological polar surface area (TPSA) is 20.2 Å². The number of aryl methyl sites for hydroxylation is 1. The molecule has 76 valence electrons. The molecule has 0 aromatic heterocycles. The molecule has 0 atom stereocenters. The predicted octanol–water partition coefficient (Wildman–Crippen LogP) is 3.42. The molecule has 0 saturated carbocycles. The molecule has 0 aliphatic heterocycles. The molecule has 0 saturated heterocycles. The fourth-order valence-corrected chi connectivity index (χ4v) is 2.55. The number of phenols is 1. The zero-order valence-corrected chi connectivity index (χ0v) is 8.66. The molecule has 2 aromatic carbocycles. The zero-order valence-electron chi connectivity index (χ0n) is 8.66. The third-order valence-corrected chi connectivity index (χ3v) is 3.34. The molecule has 0 spiro atoms. The highest BCUT2D eigenvalue weighted by Crippen LogP contribution is 2.35. The number of hydrogen-bond acceptors (Lipinski definition) is 1. The second kappa shape index (κ2) is 3.27. The van der Waals surface area contributed by atoms with Gasteiger partial charge in [-0.05, 0) is 42.2 Å². The monoisotopic (exact) mass is 198 g/mol. The van der Waals surface area contributed by atoms with Gasteiger partial charge < -0.3 is 5.11 Å². The van der Waals surface area contributed by atoms with Crippen LogP contribution >= 0.6 is 0 Å². The van der Waals surface area contributed by atoms with Gasteiger partial charge in [-0.2, -0.15) is 0 Å². The van der Waals surface area contributed by atoms with Crippen LogP contribution in [0.1, 0.15) is 24.0 Å². The fourth-order valence-electron chi connectivity index (χ4n) is 2.55. The second-order valence-corrected chi connectivity index (χ2v) is 4.29. The molecule has 1 aliphatic carbocycles. The lowest BCUT2D eigenvalue weighted by molar-refractivity contribution is 0.468. The van der Waals surface area contributed by atoms with Gasteiger partial charge in [0.1, 0.15) is 5.75 Å². The minimum Gasteiger partial charge on any atom is -0.507 e. The van der Waals surface area contributed by atoms with Gasteiger partial charge in [0.2, 0.25) is 0 Å². The van der Waals surface area contributed by atoms with Crippen LogP contribution in [0.15, 0.2) is 30.3 Å². The first-order valence-corrected chi connectivity index (χ1v) is 5.59. The van der Waals surface area contributed by atoms with Crippen molar-refractivity contribution in [2.24, 2.45) is 0 Å². The Balaban J connectivity index is 2.36. The molecule has 1 nitrogen and oxygen atoms in total. The number of rotatable bonds is 0. The summed E-state index contributed by atoms with van der Waals surface area (Å²) in [6.07, 6.45) is 4.61. The van der Waals surface area contributed by atoms with Crippen LogP contribution in [-0.2, 0) is 12.8 Å². The first-order valence-electron chi connectivity index (χ1n) is 5.59. The van der Waals surface area contributed by atoms with E-state index in [2.05, 4.69) is 12.1 Å². The summed E-state index contributed by atoms with van der Waals surface area (Å²) in [4.78, 5) is 0. The van der Waals surface area contributed by atoms with Crippen LogP contribution in [-0.4, -0.2) is 5.11 Å². The number of fused-ring (bicyclic) bond motifs is 2. The van der Waals surface area contributed by atoms with Crippen molar-refractivity contribution in [1.29, 1.82) is 0 Å². The fraction of sp³-hybridized carbons (Fsp3) is 0.286. The van der Waals surface area contributed by atoms with E-state index in [4.69, 9.17) is 0 Å². The SMILES string of the molecule is Oc1c2c(cc3ccccc13)CCCC2. The van der Waals surface area contributed by atoms with E-state index in [0.717, 1.165) is 23.6 Å². The molecule has 1 aliphatic rings. The van der Waals surface area contributed by atoms with E-state index in [-0.39, 0.29) is 0 Å². The molecule has 0 amide bonds. The van der Waals surface area contributed by atoms with Gasteiger partial charge in [0.05, 0.1) is 0 Å². The molecule has 1 N–H and O–H groups in total. The third kappa shape index (κ3) is 1.30. The van der Waals surface area contributed by atoms with Crippen LogP contribution in [0.25, 0.3) is 10.8 Å². The summed E-state index contributed by atoms with van der Waals surface area (Å²) in [5.74, 6) is 0.516. The quantitative estimate of drug-likeness (QED) is 0.687. The molecule has 0 bridgehead atoms. The van der Waals surface area contributed by atoms with Crippen molar-refractivity contribution in [1.82, 2.24) is 0 Å². The van der Waals surface area contributed by atoms with E-state index in [9.17, 15) is 5.11 Å². The summed E-state index contributed by atoms with van der Waals surface area (Å²) >= 11 is 0. The molecular weight excluding hydrogens is 184 g/mol. The van der Waals surface area contributed by atoms with Crippen molar-refractivity contribution in [3.8, 4) is 5.75 Å². The molecule has 15 heavy (non-hydrogen) atoms. The molecular formula is C14H14O. The van der Waals surface area contributed by atoms with E-state index >= 15 is 0 Å². The van der Waals surface area contributed by atoms with Gasteiger partial charge >= 0.3 is 0 Å². The third-order valence-electron chi connectivity index (χ3n) is 3.34. The average molecular weight is 198 g/mol. The summed E-state index contributed by atoms with van der Waals surface area (Å²) < 4.78 is 0. The average Bonchev–Trinajstić information content (AvgIpc) is 2.30. The molecule has 3 rings (SSSR count). The zero-order chi connectivity index (χ0) is 10.3. The number of hydrogen-bond donors (Lipinski definition) is 1. The Kier molecular flexibility index (Phi) is 1.91. The predicted molar refractivity (Wildman–Crippen MR) is 62.3 cm³/mol. The maximum atomic E-state index is 10.2. The number of phenolic OH excluding ortho intramolecular Hbond substituents is 1. The lowest BCUT2D eigenvalue weighted by Crippen LogP contribution is -2.02.